The smallest absolute Gasteiger partial charge is 0.321 e. The first-order valence-electron chi connectivity index (χ1n) is 4.87. The second-order valence-electron chi connectivity index (χ2n) is 3.34. The van der Waals surface area contributed by atoms with Gasteiger partial charge in [0.25, 0.3) is 5.69 Å². The Morgan fingerprint density at radius 2 is 2.00 bits per heavy atom. The van der Waals surface area contributed by atoms with E-state index in [-0.39, 0.29) is 11.7 Å². The molecule has 2 rings (SSSR count). The van der Waals surface area contributed by atoms with Crippen LogP contribution in [0.3, 0.4) is 0 Å². The van der Waals surface area contributed by atoms with E-state index in [1.807, 2.05) is 0 Å². The van der Waals surface area contributed by atoms with Crippen LogP contribution in [0.4, 0.5) is 5.69 Å². The second kappa shape index (κ2) is 4.56. The van der Waals surface area contributed by atoms with Crippen LogP contribution in [0.5, 0.6) is 11.8 Å². The summed E-state index contributed by atoms with van der Waals surface area (Å²) in [5.41, 5.74) is 0.592. The fourth-order valence-corrected chi connectivity index (χ4v) is 1.34. The highest BCUT2D eigenvalue weighted by Gasteiger charge is 2.11. The molecule has 0 atom stereocenters. The fraction of sp³-hybridized carbons (Fsp3) is 0.0909. The molecular weight excluding hydrogens is 222 g/mol. The topological polar surface area (TPSA) is 78.2 Å². The molecule has 0 unspecified atom stereocenters. The van der Waals surface area contributed by atoms with Gasteiger partial charge >= 0.3 is 6.01 Å². The molecule has 0 aliphatic rings. The number of nitrogens with zero attached hydrogens (tertiary/aromatic N) is 3. The molecule has 0 radical (unpaired) electrons. The highest BCUT2D eigenvalue weighted by atomic mass is 16.6. The molecule has 0 saturated carbocycles. The number of aryl methyl sites for hydroxylation is 1. The number of hydrogen-bond donors (Lipinski definition) is 0. The lowest BCUT2D eigenvalue weighted by Gasteiger charge is -2.04. The molecule has 1 aromatic carbocycles. The zero-order valence-electron chi connectivity index (χ0n) is 9.03. The molecule has 86 valence electrons. The SMILES string of the molecule is Cc1cc(Oc2ncccn2)ccc1[N+](=O)[O-]. The van der Waals surface area contributed by atoms with Crippen molar-refractivity contribution in [2.45, 2.75) is 6.92 Å². The molecular formula is C11H9N3O3. The first-order valence-corrected chi connectivity index (χ1v) is 4.87. The number of aromatic nitrogens is 2. The van der Waals surface area contributed by atoms with Crippen molar-refractivity contribution in [3.63, 3.8) is 0 Å². The summed E-state index contributed by atoms with van der Waals surface area (Å²) < 4.78 is 5.35. The highest BCUT2D eigenvalue weighted by Crippen LogP contribution is 2.25. The number of rotatable bonds is 3. The summed E-state index contributed by atoms with van der Waals surface area (Å²) in [6.45, 7) is 1.65. The van der Waals surface area contributed by atoms with E-state index in [1.54, 1.807) is 31.5 Å². The van der Waals surface area contributed by atoms with Gasteiger partial charge in [-0.3, -0.25) is 10.1 Å². The van der Waals surface area contributed by atoms with Crippen LogP contribution in [0.25, 0.3) is 0 Å². The van der Waals surface area contributed by atoms with Crippen LogP contribution in [0.15, 0.2) is 36.7 Å². The monoisotopic (exact) mass is 231 g/mol. The third kappa shape index (κ3) is 2.54. The van der Waals surface area contributed by atoms with Crippen LogP contribution >= 0.6 is 0 Å². The van der Waals surface area contributed by atoms with Gasteiger partial charge in [0.15, 0.2) is 0 Å². The maximum Gasteiger partial charge on any atom is 0.321 e. The predicted octanol–water partition coefficient (Wildman–Crippen LogP) is 2.49. The van der Waals surface area contributed by atoms with E-state index in [2.05, 4.69) is 9.97 Å². The normalized spacial score (nSPS) is 9.94. The molecule has 0 fully saturated rings. The number of nitro benzene ring substituents is 1. The first kappa shape index (κ1) is 11.0. The van der Waals surface area contributed by atoms with Crippen molar-refractivity contribution in [1.82, 2.24) is 9.97 Å². The van der Waals surface area contributed by atoms with Gasteiger partial charge < -0.3 is 4.74 Å². The molecule has 0 saturated heterocycles. The van der Waals surface area contributed by atoms with Crippen molar-refractivity contribution in [2.75, 3.05) is 0 Å². The summed E-state index contributed by atoms with van der Waals surface area (Å²) in [6.07, 6.45) is 3.11. The molecule has 6 nitrogen and oxygen atoms in total. The van der Waals surface area contributed by atoms with Crippen molar-refractivity contribution in [3.8, 4) is 11.8 Å². The number of nitro groups is 1. The van der Waals surface area contributed by atoms with Crippen molar-refractivity contribution >= 4 is 5.69 Å². The average molecular weight is 231 g/mol. The maximum absolute atomic E-state index is 10.6. The van der Waals surface area contributed by atoms with Gasteiger partial charge in [-0.15, -0.1) is 0 Å². The fourth-order valence-electron chi connectivity index (χ4n) is 1.34. The molecule has 0 aliphatic heterocycles. The second-order valence-corrected chi connectivity index (χ2v) is 3.34. The summed E-state index contributed by atoms with van der Waals surface area (Å²) in [6, 6.07) is 6.37. The number of benzene rings is 1. The third-order valence-corrected chi connectivity index (χ3v) is 2.12. The van der Waals surface area contributed by atoms with Crippen LogP contribution in [0, 0.1) is 17.0 Å². The Balaban J connectivity index is 2.24. The molecule has 0 aliphatic carbocycles. The van der Waals surface area contributed by atoms with Crippen molar-refractivity contribution < 1.29 is 9.66 Å². The molecule has 1 heterocycles. The lowest BCUT2D eigenvalue weighted by Crippen LogP contribution is -1.94. The van der Waals surface area contributed by atoms with Crippen LogP contribution < -0.4 is 4.74 Å². The summed E-state index contributed by atoms with van der Waals surface area (Å²) in [4.78, 5) is 18.0. The van der Waals surface area contributed by atoms with Gasteiger partial charge in [-0.2, -0.15) is 0 Å². The summed E-state index contributed by atoms with van der Waals surface area (Å²) in [7, 11) is 0. The minimum Gasteiger partial charge on any atom is -0.424 e. The molecule has 2 aromatic rings. The highest BCUT2D eigenvalue weighted by molar-refractivity contribution is 5.44. The molecule has 0 bridgehead atoms. The van der Waals surface area contributed by atoms with E-state index < -0.39 is 4.92 Å². The van der Waals surface area contributed by atoms with E-state index in [4.69, 9.17) is 4.74 Å². The minimum atomic E-state index is -0.432. The van der Waals surface area contributed by atoms with E-state index >= 15 is 0 Å². The van der Waals surface area contributed by atoms with Crippen molar-refractivity contribution in [2.24, 2.45) is 0 Å². The van der Waals surface area contributed by atoms with Gasteiger partial charge in [0.1, 0.15) is 5.75 Å². The lowest BCUT2D eigenvalue weighted by molar-refractivity contribution is -0.385. The standard InChI is InChI=1S/C11H9N3O3/c1-8-7-9(3-4-10(8)14(15)16)17-11-12-5-2-6-13-11/h2-7H,1H3. The van der Waals surface area contributed by atoms with Crippen LogP contribution in [-0.4, -0.2) is 14.9 Å². The summed E-state index contributed by atoms with van der Waals surface area (Å²) in [5.74, 6) is 0.472. The molecule has 6 heteroatoms. The minimum absolute atomic E-state index is 0.0614. The molecule has 17 heavy (non-hydrogen) atoms. The molecule has 1 aromatic heterocycles. The van der Waals surface area contributed by atoms with Crippen molar-refractivity contribution in [1.29, 1.82) is 0 Å². The van der Waals surface area contributed by atoms with E-state index in [0.29, 0.717) is 11.3 Å². The Kier molecular flexibility index (Phi) is 2.95. The Morgan fingerprint density at radius 1 is 1.29 bits per heavy atom. The molecule has 0 N–H and O–H groups in total. The first-order chi connectivity index (χ1) is 8.16. The zero-order valence-corrected chi connectivity index (χ0v) is 9.03. The predicted molar refractivity (Wildman–Crippen MR) is 59.9 cm³/mol. The quantitative estimate of drug-likeness (QED) is 0.599. The van der Waals surface area contributed by atoms with Gasteiger partial charge in [-0.25, -0.2) is 9.97 Å². The summed E-state index contributed by atoms with van der Waals surface area (Å²) >= 11 is 0. The number of ether oxygens (including phenoxy) is 1. The lowest BCUT2D eigenvalue weighted by atomic mass is 10.2. The van der Waals surface area contributed by atoms with Gasteiger partial charge in [-0.05, 0) is 25.1 Å². The largest absolute Gasteiger partial charge is 0.424 e. The van der Waals surface area contributed by atoms with E-state index in [0.717, 1.165) is 0 Å². The van der Waals surface area contributed by atoms with Gasteiger partial charge in [0, 0.05) is 24.0 Å². The average Bonchev–Trinajstić information content (AvgIpc) is 2.30. The van der Waals surface area contributed by atoms with Crippen LogP contribution in [0.1, 0.15) is 5.56 Å². The Bertz CT molecular complexity index is 543. The maximum atomic E-state index is 10.6. The Hall–Kier alpha value is -2.50. The number of hydrogen-bond acceptors (Lipinski definition) is 5. The molecule has 0 amide bonds. The Labute approximate surface area is 97.1 Å². The van der Waals surface area contributed by atoms with Crippen LogP contribution in [-0.2, 0) is 0 Å². The molecule has 0 spiro atoms. The van der Waals surface area contributed by atoms with Gasteiger partial charge in [0.2, 0.25) is 0 Å². The third-order valence-electron chi connectivity index (χ3n) is 2.12. The Morgan fingerprint density at radius 3 is 2.59 bits per heavy atom. The van der Waals surface area contributed by atoms with E-state index in [9.17, 15) is 10.1 Å². The van der Waals surface area contributed by atoms with Crippen molar-refractivity contribution in [3.05, 3.63) is 52.3 Å². The van der Waals surface area contributed by atoms with E-state index in [1.165, 1.54) is 12.1 Å². The zero-order chi connectivity index (χ0) is 12.3. The van der Waals surface area contributed by atoms with Gasteiger partial charge in [-0.1, -0.05) is 0 Å². The van der Waals surface area contributed by atoms with Crippen LogP contribution in [0.2, 0.25) is 0 Å². The van der Waals surface area contributed by atoms with Gasteiger partial charge in [0.05, 0.1) is 4.92 Å². The summed E-state index contributed by atoms with van der Waals surface area (Å²) in [5, 5.41) is 10.6.